The zero-order chi connectivity index (χ0) is 18.4. The summed E-state index contributed by atoms with van der Waals surface area (Å²) in [5, 5.41) is 11.3. The normalized spacial score (nSPS) is 47.4. The number of ether oxygens (including phenoxy) is 2. The molecule has 0 amide bonds. The molecule has 142 valence electrons. The summed E-state index contributed by atoms with van der Waals surface area (Å²) in [5.74, 6) is 0.424. The Morgan fingerprint density at radius 1 is 1.20 bits per heavy atom. The lowest BCUT2D eigenvalue weighted by Gasteiger charge is -2.45. The first kappa shape index (κ1) is 18.2. The van der Waals surface area contributed by atoms with E-state index in [1.807, 2.05) is 13.8 Å². The van der Waals surface area contributed by atoms with Crippen LogP contribution in [0.5, 0.6) is 0 Å². The van der Waals surface area contributed by atoms with E-state index in [0.717, 1.165) is 6.42 Å². The highest BCUT2D eigenvalue weighted by Gasteiger charge is 2.73. The lowest BCUT2D eigenvalue weighted by Crippen LogP contribution is -2.51. The molecule has 0 aromatic rings. The minimum atomic E-state index is -1.87. The Balaban J connectivity index is 1.68. The maximum Gasteiger partial charge on any atom is 0.192 e. The summed E-state index contributed by atoms with van der Waals surface area (Å²) >= 11 is 0. The van der Waals surface area contributed by atoms with Gasteiger partial charge in [-0.15, -0.1) is 0 Å². The molecule has 1 aliphatic heterocycles. The van der Waals surface area contributed by atoms with Crippen LogP contribution < -0.4 is 0 Å². The summed E-state index contributed by atoms with van der Waals surface area (Å²) in [6.07, 6.45) is 5.00. The number of fused-ring (bicyclic) bond motifs is 7. The fourth-order valence-corrected chi connectivity index (χ4v) is 6.52. The van der Waals surface area contributed by atoms with E-state index in [0.29, 0.717) is 18.4 Å². The molecule has 25 heavy (non-hydrogen) atoms. The first-order chi connectivity index (χ1) is 11.4. The van der Waals surface area contributed by atoms with Crippen LogP contribution in [-0.4, -0.2) is 44.1 Å². The van der Waals surface area contributed by atoms with Gasteiger partial charge in [0.2, 0.25) is 0 Å². The molecule has 0 aromatic carbocycles. The van der Waals surface area contributed by atoms with Crippen molar-refractivity contribution >= 4 is 8.32 Å². The molecule has 7 atom stereocenters. The van der Waals surface area contributed by atoms with Crippen molar-refractivity contribution in [1.82, 2.24) is 0 Å². The summed E-state index contributed by atoms with van der Waals surface area (Å²) in [6, 6.07) is 0. The Morgan fingerprint density at radius 3 is 2.52 bits per heavy atom. The lowest BCUT2D eigenvalue weighted by atomic mass is 9.69. The highest BCUT2D eigenvalue weighted by molar-refractivity contribution is 6.74. The van der Waals surface area contributed by atoms with Gasteiger partial charge >= 0.3 is 0 Å². The van der Waals surface area contributed by atoms with Crippen LogP contribution in [0, 0.1) is 23.2 Å². The van der Waals surface area contributed by atoms with Crippen LogP contribution in [0.2, 0.25) is 18.1 Å². The minimum absolute atomic E-state index is 0.0766. The van der Waals surface area contributed by atoms with Gasteiger partial charge in [-0.3, -0.25) is 0 Å². The van der Waals surface area contributed by atoms with Crippen LogP contribution in [0.25, 0.3) is 0 Å². The van der Waals surface area contributed by atoms with Gasteiger partial charge < -0.3 is 19.0 Å². The maximum atomic E-state index is 11.1. The van der Waals surface area contributed by atoms with Crippen molar-refractivity contribution in [2.45, 2.75) is 83.3 Å². The Labute approximate surface area is 153 Å². The van der Waals surface area contributed by atoms with E-state index >= 15 is 0 Å². The molecule has 0 spiro atoms. The highest BCUT2D eigenvalue weighted by atomic mass is 28.4. The third kappa shape index (κ3) is 2.39. The van der Waals surface area contributed by atoms with Gasteiger partial charge in [-0.05, 0) is 50.2 Å². The van der Waals surface area contributed by atoms with Crippen molar-refractivity contribution in [3.8, 4) is 0 Å². The second kappa shape index (κ2) is 5.19. The maximum absolute atomic E-state index is 11.1. The molecule has 3 aliphatic carbocycles. The third-order valence-electron chi connectivity index (χ3n) is 7.74. The van der Waals surface area contributed by atoms with Gasteiger partial charge in [0.1, 0.15) is 6.10 Å². The van der Waals surface area contributed by atoms with Gasteiger partial charge in [-0.25, -0.2) is 0 Å². The van der Waals surface area contributed by atoms with Gasteiger partial charge in [0.05, 0.1) is 12.2 Å². The molecule has 1 heterocycles. The Morgan fingerprint density at radius 2 is 1.88 bits per heavy atom. The molecule has 4 rings (SSSR count). The second-order valence-corrected chi connectivity index (χ2v) is 15.4. The van der Waals surface area contributed by atoms with Gasteiger partial charge in [-0.2, -0.15) is 0 Å². The number of hydrogen-bond acceptors (Lipinski definition) is 4. The standard InChI is InChI=1S/C20H34O4Si/c1-18(2,3)25(6,7)22-11-20-13-9-8-12(10-13)14(20)15(21)16-17(20)24-19(4,5)23-16/h8-9,12-17,21H,10-11H2,1-7H3/t12-,13+,14?,15?,16+,17+,20+/m1/s1. The first-order valence-electron chi connectivity index (χ1n) is 9.75. The quantitative estimate of drug-likeness (QED) is 0.611. The van der Waals surface area contributed by atoms with Crippen molar-refractivity contribution in [3.05, 3.63) is 12.2 Å². The SMILES string of the molecule is CC1(C)O[C@H]2C(O)C3[C@@H]4C=C[C@@H](C4)[C@]3(CO[Si](C)(C)C(C)(C)C)[C@H]2O1. The number of aliphatic hydroxyl groups excluding tert-OH is 1. The molecule has 4 nitrogen and oxygen atoms in total. The Kier molecular flexibility index (Phi) is 3.78. The molecule has 1 saturated heterocycles. The third-order valence-corrected chi connectivity index (χ3v) is 12.2. The molecule has 0 radical (unpaired) electrons. The molecule has 0 aromatic heterocycles. The second-order valence-electron chi connectivity index (χ2n) is 10.6. The van der Waals surface area contributed by atoms with E-state index in [1.54, 1.807) is 0 Å². The largest absolute Gasteiger partial charge is 0.416 e. The molecule has 3 fully saturated rings. The van der Waals surface area contributed by atoms with Crippen LogP contribution in [0.1, 0.15) is 41.0 Å². The van der Waals surface area contributed by atoms with Gasteiger partial charge in [0.25, 0.3) is 0 Å². The van der Waals surface area contributed by atoms with Crippen molar-refractivity contribution in [1.29, 1.82) is 0 Å². The summed E-state index contributed by atoms with van der Waals surface area (Å²) in [7, 11) is -1.87. The van der Waals surface area contributed by atoms with Crippen LogP contribution in [0.15, 0.2) is 12.2 Å². The van der Waals surface area contributed by atoms with E-state index in [-0.39, 0.29) is 28.6 Å². The molecular weight excluding hydrogens is 332 g/mol. The predicted octanol–water partition coefficient (Wildman–Crippen LogP) is 3.71. The number of aliphatic hydroxyl groups is 1. The average molecular weight is 367 g/mol. The van der Waals surface area contributed by atoms with E-state index < -0.39 is 20.2 Å². The molecule has 2 bridgehead atoms. The molecule has 2 saturated carbocycles. The van der Waals surface area contributed by atoms with Crippen LogP contribution >= 0.6 is 0 Å². The smallest absolute Gasteiger partial charge is 0.192 e. The van der Waals surface area contributed by atoms with Gasteiger partial charge in [-0.1, -0.05) is 32.9 Å². The van der Waals surface area contributed by atoms with Crippen molar-refractivity contribution < 1.29 is 19.0 Å². The van der Waals surface area contributed by atoms with Gasteiger partial charge in [0, 0.05) is 17.9 Å². The summed E-state index contributed by atoms with van der Waals surface area (Å²) in [4.78, 5) is 0. The zero-order valence-corrected chi connectivity index (χ0v) is 17.7. The lowest BCUT2D eigenvalue weighted by molar-refractivity contribution is -0.190. The molecular formula is C20H34O4Si. The fraction of sp³-hybridized carbons (Fsp3) is 0.900. The summed E-state index contributed by atoms with van der Waals surface area (Å²) in [5.41, 5.74) is -0.146. The average Bonchev–Trinajstić information content (AvgIpc) is 3.17. The number of allylic oxidation sites excluding steroid dienone is 2. The first-order valence-corrected chi connectivity index (χ1v) is 12.7. The molecule has 5 heteroatoms. The van der Waals surface area contributed by atoms with Crippen LogP contribution in [0.4, 0.5) is 0 Å². The van der Waals surface area contributed by atoms with E-state index in [2.05, 4.69) is 46.0 Å². The van der Waals surface area contributed by atoms with Crippen LogP contribution in [0.3, 0.4) is 0 Å². The summed E-state index contributed by atoms with van der Waals surface area (Å²) in [6.45, 7) is 16.0. The minimum Gasteiger partial charge on any atom is -0.416 e. The Hall–Kier alpha value is -0.203. The van der Waals surface area contributed by atoms with Gasteiger partial charge in [0.15, 0.2) is 14.1 Å². The zero-order valence-electron chi connectivity index (χ0n) is 16.7. The van der Waals surface area contributed by atoms with E-state index in [1.165, 1.54) is 0 Å². The number of hydrogen-bond donors (Lipinski definition) is 1. The Bertz CT molecular complexity index is 593. The monoisotopic (exact) mass is 366 g/mol. The summed E-state index contributed by atoms with van der Waals surface area (Å²) < 4.78 is 19.2. The van der Waals surface area contributed by atoms with E-state index in [4.69, 9.17) is 13.9 Å². The molecule has 1 N–H and O–H groups in total. The van der Waals surface area contributed by atoms with E-state index in [9.17, 15) is 5.11 Å². The predicted molar refractivity (Wildman–Crippen MR) is 99.6 cm³/mol. The highest BCUT2D eigenvalue weighted by Crippen LogP contribution is 2.67. The van der Waals surface area contributed by atoms with Crippen molar-refractivity contribution in [2.24, 2.45) is 23.2 Å². The molecule has 2 unspecified atom stereocenters. The van der Waals surface area contributed by atoms with Crippen LogP contribution in [-0.2, 0) is 13.9 Å². The van der Waals surface area contributed by atoms with Crippen molar-refractivity contribution in [3.63, 3.8) is 0 Å². The molecule has 4 aliphatic rings. The number of rotatable bonds is 3. The van der Waals surface area contributed by atoms with Crippen molar-refractivity contribution in [2.75, 3.05) is 6.61 Å². The topological polar surface area (TPSA) is 47.9 Å². The fourth-order valence-electron chi connectivity index (χ4n) is 5.48.